The van der Waals surface area contributed by atoms with Crippen LogP contribution in [0.5, 0.6) is 0 Å². The van der Waals surface area contributed by atoms with Crippen LogP contribution in [-0.2, 0) is 0 Å². The van der Waals surface area contributed by atoms with Crippen LogP contribution in [0.1, 0.15) is 17.4 Å². The lowest BCUT2D eigenvalue weighted by molar-refractivity contribution is 0.486. The normalized spacial score (nSPS) is 13.0. The van der Waals surface area contributed by atoms with E-state index in [1.54, 1.807) is 6.26 Å². The first-order valence-electron chi connectivity index (χ1n) is 5.68. The Morgan fingerprint density at radius 2 is 2.06 bits per heavy atom. The average molecular weight is 262 g/mol. The summed E-state index contributed by atoms with van der Waals surface area (Å²) in [4.78, 5) is 0. The van der Waals surface area contributed by atoms with Gasteiger partial charge in [0, 0.05) is 10.9 Å². The molecule has 4 heteroatoms. The van der Waals surface area contributed by atoms with Gasteiger partial charge in [0.05, 0.1) is 12.3 Å². The van der Waals surface area contributed by atoms with Crippen molar-refractivity contribution in [1.82, 2.24) is 5.32 Å². The molecule has 0 aliphatic rings. The molecule has 92 valence electrons. The fourth-order valence-corrected chi connectivity index (χ4v) is 2.33. The van der Waals surface area contributed by atoms with Gasteiger partial charge in [-0.3, -0.25) is 0 Å². The van der Waals surface area contributed by atoms with Crippen molar-refractivity contribution < 1.29 is 8.83 Å². The molecule has 0 spiro atoms. The Bertz CT molecular complexity index is 638. The number of benzene rings is 1. The molecule has 0 saturated heterocycles. The molecule has 0 bridgehead atoms. The number of nitrogens with one attached hydrogen (secondary N) is 1. The van der Waals surface area contributed by atoms with E-state index >= 15 is 0 Å². The number of fused-ring (bicyclic) bond motifs is 1. The topological polar surface area (TPSA) is 38.3 Å². The molecule has 3 nitrogen and oxygen atoms in total. The maximum atomic E-state index is 6.01. The monoisotopic (exact) mass is 261 g/mol. The SMILES string of the molecule is CNC(c1cc2ccccc2o1)c1ccoc1Cl. The largest absolute Gasteiger partial charge is 0.459 e. The van der Waals surface area contributed by atoms with Gasteiger partial charge in [0.15, 0.2) is 5.22 Å². The van der Waals surface area contributed by atoms with Crippen LogP contribution in [0.25, 0.3) is 11.0 Å². The summed E-state index contributed by atoms with van der Waals surface area (Å²) in [5.41, 5.74) is 1.74. The summed E-state index contributed by atoms with van der Waals surface area (Å²) in [5.74, 6) is 0.821. The first kappa shape index (κ1) is 11.4. The third kappa shape index (κ3) is 1.82. The van der Waals surface area contributed by atoms with E-state index in [1.165, 1.54) is 0 Å². The number of furan rings is 2. The van der Waals surface area contributed by atoms with Gasteiger partial charge in [0.25, 0.3) is 0 Å². The molecule has 2 heterocycles. The Morgan fingerprint density at radius 3 is 2.72 bits per heavy atom. The molecule has 1 atom stereocenters. The maximum absolute atomic E-state index is 6.01. The van der Waals surface area contributed by atoms with Crippen LogP contribution in [0.15, 0.2) is 51.5 Å². The molecule has 0 radical (unpaired) electrons. The van der Waals surface area contributed by atoms with E-state index in [2.05, 4.69) is 5.32 Å². The van der Waals surface area contributed by atoms with Gasteiger partial charge in [-0.1, -0.05) is 18.2 Å². The summed E-state index contributed by atoms with van der Waals surface area (Å²) in [7, 11) is 1.86. The first-order chi connectivity index (χ1) is 8.79. The van der Waals surface area contributed by atoms with Gasteiger partial charge in [-0.25, -0.2) is 0 Å². The summed E-state index contributed by atoms with van der Waals surface area (Å²) < 4.78 is 11.0. The highest BCUT2D eigenvalue weighted by Crippen LogP contribution is 2.32. The van der Waals surface area contributed by atoms with Gasteiger partial charge in [0.2, 0.25) is 0 Å². The lowest BCUT2D eigenvalue weighted by Gasteiger charge is -2.11. The standard InChI is InChI=1S/C14H12ClNO2/c1-16-13(10-6-7-17-14(10)15)12-8-9-4-2-3-5-11(9)18-12/h2-8,13,16H,1H3. The van der Waals surface area contributed by atoms with E-state index in [9.17, 15) is 0 Å². The molecule has 0 amide bonds. The molecule has 18 heavy (non-hydrogen) atoms. The molecule has 3 aromatic rings. The van der Waals surface area contributed by atoms with Crippen molar-refractivity contribution in [3.63, 3.8) is 0 Å². The second kappa shape index (κ2) is 4.52. The number of rotatable bonds is 3. The predicted octanol–water partition coefficient (Wildman–Crippen LogP) is 3.99. The minimum Gasteiger partial charge on any atom is -0.459 e. The highest BCUT2D eigenvalue weighted by molar-refractivity contribution is 6.29. The Balaban J connectivity index is 2.09. The summed E-state index contributed by atoms with van der Waals surface area (Å²) in [5, 5.41) is 4.64. The van der Waals surface area contributed by atoms with Crippen molar-refractivity contribution in [3.8, 4) is 0 Å². The van der Waals surface area contributed by atoms with Gasteiger partial charge in [-0.05, 0) is 36.8 Å². The Hall–Kier alpha value is -1.71. The molecule has 1 unspecified atom stereocenters. The molecule has 2 aromatic heterocycles. The zero-order valence-electron chi connectivity index (χ0n) is 9.81. The molecule has 1 N–H and O–H groups in total. The van der Waals surface area contributed by atoms with E-state index in [1.807, 2.05) is 43.4 Å². The zero-order valence-corrected chi connectivity index (χ0v) is 10.6. The number of hydrogen-bond donors (Lipinski definition) is 1. The van der Waals surface area contributed by atoms with E-state index in [0.717, 1.165) is 22.3 Å². The quantitative estimate of drug-likeness (QED) is 0.775. The van der Waals surface area contributed by atoms with Crippen LogP contribution in [-0.4, -0.2) is 7.05 Å². The lowest BCUT2D eigenvalue weighted by atomic mass is 10.1. The highest BCUT2D eigenvalue weighted by atomic mass is 35.5. The molecule has 0 aliphatic heterocycles. The van der Waals surface area contributed by atoms with E-state index in [4.69, 9.17) is 20.4 Å². The fourth-order valence-electron chi connectivity index (χ4n) is 2.11. The molecule has 0 aliphatic carbocycles. The molecule has 1 aromatic carbocycles. The summed E-state index contributed by atoms with van der Waals surface area (Å²) in [6.45, 7) is 0. The van der Waals surface area contributed by atoms with Crippen molar-refractivity contribution in [2.24, 2.45) is 0 Å². The summed E-state index contributed by atoms with van der Waals surface area (Å²) >= 11 is 6.01. The Morgan fingerprint density at radius 1 is 1.22 bits per heavy atom. The van der Waals surface area contributed by atoms with Gasteiger partial charge in [0.1, 0.15) is 11.3 Å². The van der Waals surface area contributed by atoms with Gasteiger partial charge >= 0.3 is 0 Å². The predicted molar refractivity (Wildman–Crippen MR) is 70.8 cm³/mol. The van der Waals surface area contributed by atoms with Crippen LogP contribution < -0.4 is 5.32 Å². The Labute approximate surface area is 109 Å². The molecular weight excluding hydrogens is 250 g/mol. The second-order valence-electron chi connectivity index (χ2n) is 4.06. The van der Waals surface area contributed by atoms with Crippen LogP contribution in [0.2, 0.25) is 5.22 Å². The van der Waals surface area contributed by atoms with Gasteiger partial charge in [-0.15, -0.1) is 0 Å². The zero-order chi connectivity index (χ0) is 12.5. The smallest absolute Gasteiger partial charge is 0.198 e. The fraction of sp³-hybridized carbons (Fsp3) is 0.143. The number of halogens is 1. The van der Waals surface area contributed by atoms with Crippen LogP contribution in [0.4, 0.5) is 0 Å². The van der Waals surface area contributed by atoms with Crippen molar-refractivity contribution in [3.05, 3.63) is 59.2 Å². The third-order valence-corrected chi connectivity index (χ3v) is 3.28. The summed E-state index contributed by atoms with van der Waals surface area (Å²) in [6.07, 6.45) is 1.57. The van der Waals surface area contributed by atoms with E-state index < -0.39 is 0 Å². The first-order valence-corrected chi connectivity index (χ1v) is 6.06. The second-order valence-corrected chi connectivity index (χ2v) is 4.40. The molecule has 3 rings (SSSR count). The highest BCUT2D eigenvalue weighted by Gasteiger charge is 2.20. The van der Waals surface area contributed by atoms with Gasteiger partial charge < -0.3 is 14.2 Å². The van der Waals surface area contributed by atoms with Crippen molar-refractivity contribution in [2.75, 3.05) is 7.05 Å². The maximum Gasteiger partial charge on any atom is 0.198 e. The Kier molecular flexibility index (Phi) is 2.86. The number of para-hydroxylation sites is 1. The molecule has 0 fully saturated rings. The van der Waals surface area contributed by atoms with Crippen molar-refractivity contribution >= 4 is 22.6 Å². The molecular formula is C14H12ClNO2. The summed E-state index contributed by atoms with van der Waals surface area (Å²) in [6, 6.07) is 11.7. The van der Waals surface area contributed by atoms with Crippen molar-refractivity contribution in [2.45, 2.75) is 6.04 Å². The third-order valence-electron chi connectivity index (χ3n) is 2.97. The minimum absolute atomic E-state index is 0.108. The minimum atomic E-state index is -0.108. The van der Waals surface area contributed by atoms with Gasteiger partial charge in [-0.2, -0.15) is 0 Å². The number of hydrogen-bond acceptors (Lipinski definition) is 3. The van der Waals surface area contributed by atoms with Crippen LogP contribution in [0.3, 0.4) is 0 Å². The molecule has 0 saturated carbocycles. The van der Waals surface area contributed by atoms with E-state index in [-0.39, 0.29) is 6.04 Å². The average Bonchev–Trinajstić information content (AvgIpc) is 2.97. The van der Waals surface area contributed by atoms with E-state index in [0.29, 0.717) is 5.22 Å². The van der Waals surface area contributed by atoms with Crippen molar-refractivity contribution in [1.29, 1.82) is 0 Å². The van der Waals surface area contributed by atoms with Crippen LogP contribution in [0, 0.1) is 0 Å². The lowest BCUT2D eigenvalue weighted by Crippen LogP contribution is -2.16. The van der Waals surface area contributed by atoms with Crippen LogP contribution >= 0.6 is 11.6 Å².